The molecule has 2 aromatic carbocycles. The Morgan fingerprint density at radius 2 is 1.81 bits per heavy atom. The van der Waals surface area contributed by atoms with Crippen LogP contribution in [0.25, 0.3) is 21.2 Å². The van der Waals surface area contributed by atoms with Crippen molar-refractivity contribution in [3.8, 4) is 11.1 Å². The van der Waals surface area contributed by atoms with Crippen LogP contribution in [0.5, 0.6) is 0 Å². The van der Waals surface area contributed by atoms with Crippen molar-refractivity contribution in [2.45, 2.75) is 0 Å². The van der Waals surface area contributed by atoms with Gasteiger partial charge in [0.05, 0.1) is 7.11 Å². The Kier molecular flexibility index (Phi) is 3.43. The van der Waals surface area contributed by atoms with Crippen molar-refractivity contribution in [2.75, 3.05) is 7.11 Å². The van der Waals surface area contributed by atoms with Gasteiger partial charge in [-0.05, 0) is 23.8 Å². The van der Waals surface area contributed by atoms with Crippen molar-refractivity contribution in [2.24, 2.45) is 0 Å². The van der Waals surface area contributed by atoms with Crippen LogP contribution in [-0.4, -0.2) is 13.1 Å². The zero-order chi connectivity index (χ0) is 15.0. The first-order valence-electron chi connectivity index (χ1n) is 6.17. The Hall–Kier alpha value is -2.27. The van der Waals surface area contributed by atoms with Gasteiger partial charge in [0.25, 0.3) is 0 Å². The van der Waals surface area contributed by atoms with Gasteiger partial charge in [-0.15, -0.1) is 11.3 Å². The second kappa shape index (κ2) is 5.26. The van der Waals surface area contributed by atoms with Crippen LogP contribution in [-0.2, 0) is 4.74 Å². The first-order valence-corrected chi connectivity index (χ1v) is 6.98. The molecule has 0 spiro atoms. The maximum absolute atomic E-state index is 14.0. The normalized spacial score (nSPS) is 10.8. The molecule has 0 amide bonds. The number of benzene rings is 2. The van der Waals surface area contributed by atoms with E-state index in [0.717, 1.165) is 10.8 Å². The van der Waals surface area contributed by atoms with E-state index in [2.05, 4.69) is 0 Å². The van der Waals surface area contributed by atoms with Gasteiger partial charge in [0.1, 0.15) is 4.88 Å². The van der Waals surface area contributed by atoms with E-state index >= 15 is 0 Å². The fourth-order valence-corrected chi connectivity index (χ4v) is 3.21. The van der Waals surface area contributed by atoms with E-state index in [9.17, 15) is 13.6 Å². The van der Waals surface area contributed by atoms with Crippen LogP contribution in [0, 0.1) is 11.6 Å². The number of hydrogen-bond acceptors (Lipinski definition) is 3. The fraction of sp³-hybridized carbons (Fsp3) is 0.0625. The second-order valence-electron chi connectivity index (χ2n) is 4.42. The maximum atomic E-state index is 14.0. The minimum atomic E-state index is -0.895. The molecule has 0 aliphatic heterocycles. The van der Waals surface area contributed by atoms with E-state index in [0.29, 0.717) is 15.8 Å². The summed E-state index contributed by atoms with van der Waals surface area (Å²) in [4.78, 5) is 12.0. The minimum Gasteiger partial charge on any atom is -0.465 e. The highest BCUT2D eigenvalue weighted by atomic mass is 32.1. The van der Waals surface area contributed by atoms with Gasteiger partial charge < -0.3 is 4.74 Å². The average molecular weight is 304 g/mol. The molecule has 0 fully saturated rings. The zero-order valence-corrected chi connectivity index (χ0v) is 11.8. The van der Waals surface area contributed by atoms with E-state index in [1.165, 1.54) is 30.6 Å². The van der Waals surface area contributed by atoms with E-state index < -0.39 is 17.6 Å². The van der Waals surface area contributed by atoms with Crippen LogP contribution in [0.2, 0.25) is 0 Å². The molecule has 0 bridgehead atoms. The average Bonchev–Trinajstić information content (AvgIpc) is 2.93. The van der Waals surface area contributed by atoms with Crippen LogP contribution in [0.1, 0.15) is 9.67 Å². The Labute approximate surface area is 123 Å². The number of hydrogen-bond donors (Lipinski definition) is 0. The van der Waals surface area contributed by atoms with Crippen LogP contribution < -0.4 is 0 Å². The number of methoxy groups -OCH3 is 1. The third-order valence-electron chi connectivity index (χ3n) is 3.19. The lowest BCUT2D eigenvalue weighted by molar-refractivity contribution is 0.0606. The summed E-state index contributed by atoms with van der Waals surface area (Å²) in [6.07, 6.45) is 0. The zero-order valence-electron chi connectivity index (χ0n) is 11.0. The fourth-order valence-electron chi connectivity index (χ4n) is 2.21. The molecule has 0 saturated carbocycles. The molecular formula is C16H10F2O2S. The van der Waals surface area contributed by atoms with Crippen molar-refractivity contribution < 1.29 is 18.3 Å². The van der Waals surface area contributed by atoms with Gasteiger partial charge in [0.15, 0.2) is 11.6 Å². The van der Waals surface area contributed by atoms with Crippen LogP contribution in [0.15, 0.2) is 42.5 Å². The number of carbonyl (C=O) groups is 1. The number of thiophene rings is 1. The Morgan fingerprint density at radius 3 is 2.57 bits per heavy atom. The third-order valence-corrected chi connectivity index (χ3v) is 4.27. The molecular weight excluding hydrogens is 294 g/mol. The van der Waals surface area contributed by atoms with Crippen molar-refractivity contribution in [3.63, 3.8) is 0 Å². The number of rotatable bonds is 2. The van der Waals surface area contributed by atoms with Gasteiger partial charge in [0, 0.05) is 15.6 Å². The maximum Gasteiger partial charge on any atom is 0.348 e. The van der Waals surface area contributed by atoms with Gasteiger partial charge in [-0.25, -0.2) is 13.6 Å². The monoisotopic (exact) mass is 304 g/mol. The molecule has 0 radical (unpaired) electrons. The van der Waals surface area contributed by atoms with E-state index in [4.69, 9.17) is 4.74 Å². The summed E-state index contributed by atoms with van der Waals surface area (Å²) in [6, 6.07) is 11.0. The third kappa shape index (κ3) is 2.29. The molecule has 0 atom stereocenters. The lowest BCUT2D eigenvalue weighted by Crippen LogP contribution is -1.96. The van der Waals surface area contributed by atoms with Gasteiger partial charge in [-0.1, -0.05) is 24.3 Å². The molecule has 2 nitrogen and oxygen atoms in total. The molecule has 106 valence electrons. The molecule has 0 unspecified atom stereocenters. The lowest BCUT2D eigenvalue weighted by atomic mass is 10.0. The highest BCUT2D eigenvalue weighted by Gasteiger charge is 2.16. The number of fused-ring (bicyclic) bond motifs is 1. The summed E-state index contributed by atoms with van der Waals surface area (Å²) in [7, 11) is 1.31. The Bertz CT molecular complexity index is 839. The first-order chi connectivity index (χ1) is 10.1. The van der Waals surface area contributed by atoms with E-state index in [-0.39, 0.29) is 5.56 Å². The predicted octanol–water partition coefficient (Wildman–Crippen LogP) is 4.63. The van der Waals surface area contributed by atoms with Crippen LogP contribution in [0.4, 0.5) is 8.78 Å². The van der Waals surface area contributed by atoms with Crippen molar-refractivity contribution in [1.29, 1.82) is 0 Å². The van der Waals surface area contributed by atoms with E-state index in [1.807, 2.05) is 6.07 Å². The summed E-state index contributed by atoms with van der Waals surface area (Å²) in [6.45, 7) is 0. The molecule has 1 aromatic heterocycles. The summed E-state index contributed by atoms with van der Waals surface area (Å²) in [5.41, 5.74) is 0.728. The van der Waals surface area contributed by atoms with Crippen LogP contribution in [0.3, 0.4) is 0 Å². The number of halogens is 2. The highest BCUT2D eigenvalue weighted by molar-refractivity contribution is 7.20. The molecule has 0 aliphatic carbocycles. The molecule has 0 N–H and O–H groups in total. The largest absolute Gasteiger partial charge is 0.465 e. The molecule has 0 saturated heterocycles. The quantitative estimate of drug-likeness (QED) is 0.645. The van der Waals surface area contributed by atoms with Gasteiger partial charge >= 0.3 is 5.97 Å². The van der Waals surface area contributed by atoms with Crippen molar-refractivity contribution in [3.05, 3.63) is 59.0 Å². The molecule has 3 aromatic rings. The van der Waals surface area contributed by atoms with Crippen molar-refractivity contribution >= 4 is 27.4 Å². The second-order valence-corrected chi connectivity index (χ2v) is 5.50. The van der Waals surface area contributed by atoms with Crippen molar-refractivity contribution in [1.82, 2.24) is 0 Å². The Balaban J connectivity index is 2.26. The lowest BCUT2D eigenvalue weighted by Gasteiger charge is -2.05. The van der Waals surface area contributed by atoms with Gasteiger partial charge in [-0.3, -0.25) is 0 Å². The summed E-state index contributed by atoms with van der Waals surface area (Å²) in [5, 5.41) is 0.701. The summed E-state index contributed by atoms with van der Waals surface area (Å²) < 4.78 is 32.9. The molecule has 0 aliphatic rings. The smallest absolute Gasteiger partial charge is 0.348 e. The van der Waals surface area contributed by atoms with E-state index in [1.54, 1.807) is 18.2 Å². The SMILES string of the molecule is COC(=O)c1cc2c(-c3cccc(F)c3F)cccc2s1. The Morgan fingerprint density at radius 1 is 1.10 bits per heavy atom. The topological polar surface area (TPSA) is 26.3 Å². The molecule has 3 rings (SSSR count). The predicted molar refractivity (Wildman–Crippen MR) is 78.5 cm³/mol. The first kappa shape index (κ1) is 13.7. The van der Waals surface area contributed by atoms with Gasteiger partial charge in [-0.2, -0.15) is 0 Å². The summed E-state index contributed by atoms with van der Waals surface area (Å²) >= 11 is 1.26. The summed E-state index contributed by atoms with van der Waals surface area (Å²) in [5.74, 6) is -2.23. The van der Waals surface area contributed by atoms with Gasteiger partial charge in [0.2, 0.25) is 0 Å². The highest BCUT2D eigenvalue weighted by Crippen LogP contribution is 2.35. The van der Waals surface area contributed by atoms with Crippen LogP contribution >= 0.6 is 11.3 Å². The number of ether oxygens (including phenoxy) is 1. The molecule has 5 heteroatoms. The standard InChI is InChI=1S/C16H10F2O2S/c1-20-16(19)14-8-11-9(4-3-7-13(11)21-14)10-5-2-6-12(17)15(10)18/h2-8H,1H3. The molecule has 21 heavy (non-hydrogen) atoms. The number of carbonyl (C=O) groups excluding carboxylic acids is 1. The molecule has 1 heterocycles. The number of esters is 1. The minimum absolute atomic E-state index is 0.176.